The smallest absolute Gasteiger partial charge is 0.158 e. The van der Waals surface area contributed by atoms with Gasteiger partial charge in [-0.25, -0.2) is 0 Å². The van der Waals surface area contributed by atoms with Crippen molar-refractivity contribution < 1.29 is 14.2 Å². The zero-order chi connectivity index (χ0) is 11.2. The van der Waals surface area contributed by atoms with E-state index in [9.17, 15) is 0 Å². The summed E-state index contributed by atoms with van der Waals surface area (Å²) in [7, 11) is 0. The molecular weight excluding hydrogens is 206 g/mol. The predicted octanol–water partition coefficient (Wildman–Crippen LogP) is 1.25. The Labute approximate surface area is 97.8 Å². The van der Waals surface area contributed by atoms with Gasteiger partial charge in [0.15, 0.2) is 6.29 Å². The van der Waals surface area contributed by atoms with Crippen molar-refractivity contribution in [3.8, 4) is 0 Å². The molecule has 0 spiro atoms. The second-order valence-electron chi connectivity index (χ2n) is 4.65. The number of hydrogen-bond donors (Lipinski definition) is 0. The third-order valence-electron chi connectivity index (χ3n) is 3.11. The van der Waals surface area contributed by atoms with Gasteiger partial charge in [-0.2, -0.15) is 0 Å². The fourth-order valence-corrected chi connectivity index (χ4v) is 2.27. The average Bonchev–Trinajstić information content (AvgIpc) is 2.52. The van der Waals surface area contributed by atoms with E-state index in [1.54, 1.807) is 0 Å². The van der Waals surface area contributed by atoms with Gasteiger partial charge in [0.1, 0.15) is 0 Å². The van der Waals surface area contributed by atoms with Gasteiger partial charge in [0.25, 0.3) is 0 Å². The van der Waals surface area contributed by atoms with E-state index < -0.39 is 0 Å². The molecule has 16 heavy (non-hydrogen) atoms. The molecule has 0 saturated carbocycles. The molecule has 0 aromatic heterocycles. The Morgan fingerprint density at radius 1 is 1.06 bits per heavy atom. The molecule has 0 bridgehead atoms. The summed E-state index contributed by atoms with van der Waals surface area (Å²) in [6.07, 6.45) is 3.53. The first-order valence-corrected chi connectivity index (χ1v) is 6.42. The number of nitrogens with zero attached hydrogens (tertiary/aromatic N) is 1. The average molecular weight is 229 g/mol. The molecule has 2 rings (SSSR count). The van der Waals surface area contributed by atoms with Crippen LogP contribution in [0.25, 0.3) is 0 Å². The minimum Gasteiger partial charge on any atom is -0.377 e. The Kier molecular flexibility index (Phi) is 5.03. The zero-order valence-electron chi connectivity index (χ0n) is 10.2. The SMILES string of the molecule is CC1CN(CCC2OCCCO2)CCCO1. The van der Waals surface area contributed by atoms with Gasteiger partial charge in [0.2, 0.25) is 0 Å². The standard InChI is InChI=1S/C12H23NO3/c1-11-10-13(5-2-7-14-11)6-4-12-15-8-3-9-16-12/h11-12H,2-10H2,1H3. The van der Waals surface area contributed by atoms with Crippen molar-refractivity contribution in [1.29, 1.82) is 0 Å². The van der Waals surface area contributed by atoms with Gasteiger partial charge in [-0.15, -0.1) is 0 Å². The molecule has 2 saturated heterocycles. The minimum atomic E-state index is 0.0215. The van der Waals surface area contributed by atoms with Crippen LogP contribution >= 0.6 is 0 Å². The van der Waals surface area contributed by atoms with Gasteiger partial charge in [-0.05, 0) is 19.8 Å². The van der Waals surface area contributed by atoms with Crippen molar-refractivity contribution in [2.75, 3.05) is 39.5 Å². The van der Waals surface area contributed by atoms with Crippen LogP contribution in [0.1, 0.15) is 26.2 Å². The normalized spacial score (nSPS) is 30.2. The quantitative estimate of drug-likeness (QED) is 0.729. The second kappa shape index (κ2) is 6.55. The topological polar surface area (TPSA) is 30.9 Å². The largest absolute Gasteiger partial charge is 0.377 e. The fraction of sp³-hybridized carbons (Fsp3) is 1.00. The van der Waals surface area contributed by atoms with Crippen LogP contribution in [0.4, 0.5) is 0 Å². The van der Waals surface area contributed by atoms with Crippen molar-refractivity contribution in [3.05, 3.63) is 0 Å². The number of hydrogen-bond acceptors (Lipinski definition) is 4. The lowest BCUT2D eigenvalue weighted by molar-refractivity contribution is -0.182. The highest BCUT2D eigenvalue weighted by Crippen LogP contribution is 2.11. The van der Waals surface area contributed by atoms with Crippen LogP contribution in [0.5, 0.6) is 0 Å². The molecule has 2 aliphatic heterocycles. The Balaban J connectivity index is 1.67. The van der Waals surface area contributed by atoms with Gasteiger partial charge in [0.05, 0.1) is 19.3 Å². The first-order valence-electron chi connectivity index (χ1n) is 6.42. The summed E-state index contributed by atoms with van der Waals surface area (Å²) in [6, 6.07) is 0. The molecule has 2 heterocycles. The Hall–Kier alpha value is -0.160. The molecule has 94 valence electrons. The van der Waals surface area contributed by atoms with Crippen LogP contribution in [-0.2, 0) is 14.2 Å². The van der Waals surface area contributed by atoms with E-state index >= 15 is 0 Å². The molecule has 0 N–H and O–H groups in total. The molecule has 4 heteroatoms. The molecule has 1 atom stereocenters. The van der Waals surface area contributed by atoms with Crippen molar-refractivity contribution in [2.45, 2.75) is 38.6 Å². The zero-order valence-corrected chi connectivity index (χ0v) is 10.2. The monoisotopic (exact) mass is 229 g/mol. The molecule has 4 nitrogen and oxygen atoms in total. The Morgan fingerprint density at radius 2 is 1.81 bits per heavy atom. The lowest BCUT2D eigenvalue weighted by Gasteiger charge is -2.27. The molecule has 0 aliphatic carbocycles. The van der Waals surface area contributed by atoms with Gasteiger partial charge >= 0.3 is 0 Å². The molecular formula is C12H23NO3. The van der Waals surface area contributed by atoms with Crippen molar-refractivity contribution >= 4 is 0 Å². The van der Waals surface area contributed by atoms with Crippen LogP contribution in [0.3, 0.4) is 0 Å². The maximum atomic E-state index is 5.62. The third-order valence-corrected chi connectivity index (χ3v) is 3.11. The van der Waals surface area contributed by atoms with Crippen LogP contribution in [0.15, 0.2) is 0 Å². The van der Waals surface area contributed by atoms with E-state index in [2.05, 4.69) is 11.8 Å². The second-order valence-corrected chi connectivity index (χ2v) is 4.65. The fourth-order valence-electron chi connectivity index (χ4n) is 2.27. The van der Waals surface area contributed by atoms with Gasteiger partial charge in [0, 0.05) is 32.7 Å². The molecule has 1 unspecified atom stereocenters. The maximum Gasteiger partial charge on any atom is 0.158 e. The lowest BCUT2D eigenvalue weighted by atomic mass is 10.3. The Morgan fingerprint density at radius 3 is 2.62 bits per heavy atom. The van der Waals surface area contributed by atoms with E-state index in [0.29, 0.717) is 6.10 Å². The van der Waals surface area contributed by atoms with Crippen molar-refractivity contribution in [2.24, 2.45) is 0 Å². The van der Waals surface area contributed by atoms with Gasteiger partial charge in [-0.1, -0.05) is 0 Å². The summed E-state index contributed by atoms with van der Waals surface area (Å²) in [6.45, 7) is 7.97. The number of rotatable bonds is 3. The molecule has 0 amide bonds. The predicted molar refractivity (Wildman–Crippen MR) is 61.4 cm³/mol. The highest BCUT2D eigenvalue weighted by atomic mass is 16.7. The minimum absolute atomic E-state index is 0.0215. The van der Waals surface area contributed by atoms with Crippen molar-refractivity contribution in [3.63, 3.8) is 0 Å². The molecule has 2 aliphatic rings. The van der Waals surface area contributed by atoms with Gasteiger partial charge in [-0.3, -0.25) is 0 Å². The van der Waals surface area contributed by atoms with E-state index in [1.165, 1.54) is 0 Å². The van der Waals surface area contributed by atoms with E-state index in [4.69, 9.17) is 14.2 Å². The summed E-state index contributed by atoms with van der Waals surface area (Å²) in [5.74, 6) is 0. The maximum absolute atomic E-state index is 5.62. The van der Waals surface area contributed by atoms with Crippen LogP contribution in [0.2, 0.25) is 0 Å². The van der Waals surface area contributed by atoms with Crippen molar-refractivity contribution in [1.82, 2.24) is 4.90 Å². The third kappa shape index (κ3) is 4.01. The summed E-state index contributed by atoms with van der Waals surface area (Å²) in [5.41, 5.74) is 0. The Bertz CT molecular complexity index is 195. The molecule has 2 fully saturated rings. The highest BCUT2D eigenvalue weighted by molar-refractivity contribution is 4.67. The van der Waals surface area contributed by atoms with Gasteiger partial charge < -0.3 is 19.1 Å². The van der Waals surface area contributed by atoms with Crippen LogP contribution in [0, 0.1) is 0 Å². The first-order chi connectivity index (χ1) is 7.84. The lowest BCUT2D eigenvalue weighted by Crippen LogP contribution is -2.35. The summed E-state index contributed by atoms with van der Waals surface area (Å²) in [4.78, 5) is 2.46. The summed E-state index contributed by atoms with van der Waals surface area (Å²) < 4.78 is 16.7. The molecule has 0 aromatic rings. The van der Waals surface area contributed by atoms with E-state index in [-0.39, 0.29) is 6.29 Å². The highest BCUT2D eigenvalue weighted by Gasteiger charge is 2.18. The van der Waals surface area contributed by atoms with E-state index in [0.717, 1.165) is 58.7 Å². The van der Waals surface area contributed by atoms with Crippen LogP contribution < -0.4 is 0 Å². The van der Waals surface area contributed by atoms with E-state index in [1.807, 2.05) is 0 Å². The first kappa shape index (κ1) is 12.3. The summed E-state index contributed by atoms with van der Waals surface area (Å²) in [5, 5.41) is 0. The van der Waals surface area contributed by atoms with Crippen LogP contribution in [-0.4, -0.2) is 56.7 Å². The number of ether oxygens (including phenoxy) is 3. The molecule has 0 aromatic carbocycles. The summed E-state index contributed by atoms with van der Waals surface area (Å²) >= 11 is 0. The molecule has 0 radical (unpaired) electrons.